The topological polar surface area (TPSA) is 69.9 Å². The molecule has 1 aliphatic heterocycles. The summed E-state index contributed by atoms with van der Waals surface area (Å²) in [6.45, 7) is 0. The maximum absolute atomic E-state index is 9.96. The van der Waals surface area contributed by atoms with Crippen LogP contribution in [0.1, 0.15) is 38.5 Å². The Morgan fingerprint density at radius 3 is 2.62 bits per heavy atom. The molecule has 3 rings (SSSR count). The van der Waals surface area contributed by atoms with Crippen LogP contribution in [0.2, 0.25) is 0 Å². The molecule has 3 fully saturated rings. The molecule has 3 N–H and O–H groups in total. The van der Waals surface area contributed by atoms with Gasteiger partial charge in [0, 0.05) is 12.8 Å². The second-order valence-electron chi connectivity index (χ2n) is 5.76. The molecule has 2 aliphatic carbocycles. The van der Waals surface area contributed by atoms with Crippen molar-refractivity contribution < 1.29 is 20.1 Å². The molecule has 4 unspecified atom stereocenters. The monoisotopic (exact) mass is 228 g/mol. The minimum Gasteiger partial charge on any atom is -0.393 e. The molecule has 3 aliphatic rings. The van der Waals surface area contributed by atoms with Gasteiger partial charge in [-0.25, -0.2) is 0 Å². The van der Waals surface area contributed by atoms with E-state index in [4.69, 9.17) is 4.74 Å². The summed E-state index contributed by atoms with van der Waals surface area (Å²) >= 11 is 0. The SMILES string of the molecule is OC1C[C@H]2C(CC(O)C2CCC2(O)CC2)O1. The lowest BCUT2D eigenvalue weighted by molar-refractivity contribution is -0.0951. The summed E-state index contributed by atoms with van der Waals surface area (Å²) < 4.78 is 5.37. The molecule has 16 heavy (non-hydrogen) atoms. The average molecular weight is 228 g/mol. The number of fused-ring (bicyclic) bond motifs is 1. The minimum absolute atomic E-state index is 0.0313. The van der Waals surface area contributed by atoms with Crippen LogP contribution in [0.5, 0.6) is 0 Å². The van der Waals surface area contributed by atoms with Crippen molar-refractivity contribution >= 4 is 0 Å². The summed E-state index contributed by atoms with van der Waals surface area (Å²) in [5.41, 5.74) is -0.435. The van der Waals surface area contributed by atoms with E-state index in [0.717, 1.165) is 25.7 Å². The maximum atomic E-state index is 9.96. The van der Waals surface area contributed by atoms with Crippen LogP contribution in [0.4, 0.5) is 0 Å². The van der Waals surface area contributed by atoms with Crippen molar-refractivity contribution in [1.82, 2.24) is 0 Å². The molecule has 0 aromatic heterocycles. The number of hydrogen-bond acceptors (Lipinski definition) is 4. The second kappa shape index (κ2) is 3.67. The molecule has 2 saturated carbocycles. The molecule has 1 saturated heterocycles. The van der Waals surface area contributed by atoms with Crippen molar-refractivity contribution in [2.45, 2.75) is 62.6 Å². The molecule has 0 bridgehead atoms. The number of hydrogen-bond donors (Lipinski definition) is 3. The molecule has 0 aromatic carbocycles. The Hall–Kier alpha value is -0.160. The van der Waals surface area contributed by atoms with Gasteiger partial charge in [0.25, 0.3) is 0 Å². The minimum atomic E-state index is -0.644. The molecule has 4 heteroatoms. The Morgan fingerprint density at radius 2 is 1.94 bits per heavy atom. The van der Waals surface area contributed by atoms with Crippen molar-refractivity contribution in [1.29, 1.82) is 0 Å². The van der Waals surface area contributed by atoms with E-state index in [1.165, 1.54) is 0 Å². The molecule has 0 spiro atoms. The fourth-order valence-corrected chi connectivity index (χ4v) is 3.36. The van der Waals surface area contributed by atoms with Gasteiger partial charge in [0.2, 0.25) is 0 Å². The predicted octanol–water partition coefficient (Wildman–Crippen LogP) is 0.396. The van der Waals surface area contributed by atoms with E-state index >= 15 is 0 Å². The largest absolute Gasteiger partial charge is 0.393 e. The van der Waals surface area contributed by atoms with Crippen LogP contribution < -0.4 is 0 Å². The lowest BCUT2D eigenvalue weighted by Gasteiger charge is -2.21. The lowest BCUT2D eigenvalue weighted by atomic mass is 9.87. The van der Waals surface area contributed by atoms with Gasteiger partial charge in [-0.3, -0.25) is 0 Å². The molecule has 5 atom stereocenters. The van der Waals surface area contributed by atoms with E-state index < -0.39 is 11.9 Å². The van der Waals surface area contributed by atoms with E-state index in [-0.39, 0.29) is 24.0 Å². The number of ether oxygens (including phenoxy) is 1. The highest BCUT2D eigenvalue weighted by atomic mass is 16.6. The smallest absolute Gasteiger partial charge is 0.155 e. The van der Waals surface area contributed by atoms with Crippen molar-refractivity contribution in [3.8, 4) is 0 Å². The van der Waals surface area contributed by atoms with E-state index in [2.05, 4.69) is 0 Å². The first kappa shape index (κ1) is 11.0. The summed E-state index contributed by atoms with van der Waals surface area (Å²) in [7, 11) is 0. The summed E-state index contributed by atoms with van der Waals surface area (Å²) in [6.07, 6.45) is 3.81. The molecular weight excluding hydrogens is 208 g/mol. The number of aliphatic hydroxyl groups excluding tert-OH is 2. The van der Waals surface area contributed by atoms with Gasteiger partial charge in [0.1, 0.15) is 0 Å². The molecule has 4 nitrogen and oxygen atoms in total. The van der Waals surface area contributed by atoms with E-state index in [1.54, 1.807) is 0 Å². The second-order valence-corrected chi connectivity index (χ2v) is 5.76. The quantitative estimate of drug-likeness (QED) is 0.654. The summed E-state index contributed by atoms with van der Waals surface area (Å²) in [5, 5.41) is 29.2. The molecular formula is C12H20O4. The highest BCUT2D eigenvalue weighted by Crippen LogP contribution is 2.47. The number of rotatable bonds is 3. The highest BCUT2D eigenvalue weighted by Gasteiger charge is 2.50. The Kier molecular flexibility index (Phi) is 2.51. The summed E-state index contributed by atoms with van der Waals surface area (Å²) in [4.78, 5) is 0. The molecule has 0 amide bonds. The summed E-state index contributed by atoms with van der Waals surface area (Å²) in [6, 6.07) is 0. The van der Waals surface area contributed by atoms with Gasteiger partial charge >= 0.3 is 0 Å². The van der Waals surface area contributed by atoms with E-state index in [0.29, 0.717) is 12.8 Å². The Labute approximate surface area is 95.2 Å². The van der Waals surface area contributed by atoms with Gasteiger partial charge in [-0.15, -0.1) is 0 Å². The molecule has 0 radical (unpaired) electrons. The van der Waals surface area contributed by atoms with Crippen LogP contribution in [0.15, 0.2) is 0 Å². The van der Waals surface area contributed by atoms with Crippen LogP contribution >= 0.6 is 0 Å². The van der Waals surface area contributed by atoms with E-state index in [1.807, 2.05) is 0 Å². The molecule has 0 aromatic rings. The van der Waals surface area contributed by atoms with Crippen molar-refractivity contribution in [2.75, 3.05) is 0 Å². The van der Waals surface area contributed by atoms with Crippen molar-refractivity contribution in [3.05, 3.63) is 0 Å². The van der Waals surface area contributed by atoms with Crippen LogP contribution in [0.3, 0.4) is 0 Å². The Balaban J connectivity index is 1.60. The fraction of sp³-hybridized carbons (Fsp3) is 1.00. The van der Waals surface area contributed by atoms with E-state index in [9.17, 15) is 15.3 Å². The normalized spacial score (nSPS) is 49.3. The third-order valence-corrected chi connectivity index (χ3v) is 4.57. The van der Waals surface area contributed by atoms with Gasteiger partial charge in [0.05, 0.1) is 17.8 Å². The third-order valence-electron chi connectivity index (χ3n) is 4.57. The van der Waals surface area contributed by atoms with Gasteiger partial charge in [-0.2, -0.15) is 0 Å². The van der Waals surface area contributed by atoms with Gasteiger partial charge < -0.3 is 20.1 Å². The fourth-order valence-electron chi connectivity index (χ4n) is 3.36. The number of aliphatic hydroxyl groups is 3. The van der Waals surface area contributed by atoms with Gasteiger partial charge in [-0.05, 0) is 37.5 Å². The Morgan fingerprint density at radius 1 is 1.19 bits per heavy atom. The molecule has 1 heterocycles. The first-order valence-corrected chi connectivity index (χ1v) is 6.31. The van der Waals surface area contributed by atoms with Gasteiger partial charge in [0.15, 0.2) is 6.29 Å². The van der Waals surface area contributed by atoms with Crippen molar-refractivity contribution in [3.63, 3.8) is 0 Å². The zero-order valence-electron chi connectivity index (χ0n) is 9.38. The molecule has 92 valence electrons. The summed E-state index contributed by atoms with van der Waals surface area (Å²) in [5.74, 6) is 0.485. The third kappa shape index (κ3) is 1.88. The highest BCUT2D eigenvalue weighted by molar-refractivity contribution is 4.99. The zero-order valence-corrected chi connectivity index (χ0v) is 9.38. The first-order chi connectivity index (χ1) is 7.57. The van der Waals surface area contributed by atoms with Crippen LogP contribution in [0.25, 0.3) is 0 Å². The van der Waals surface area contributed by atoms with Crippen LogP contribution in [0, 0.1) is 11.8 Å². The Bertz CT molecular complexity index is 276. The van der Waals surface area contributed by atoms with Crippen LogP contribution in [-0.4, -0.2) is 39.4 Å². The first-order valence-electron chi connectivity index (χ1n) is 6.31. The zero-order chi connectivity index (χ0) is 11.3. The van der Waals surface area contributed by atoms with Gasteiger partial charge in [-0.1, -0.05) is 0 Å². The standard InChI is InChI=1S/C12H20O4/c13-9-6-10-8(5-11(14)16-10)7(9)1-2-12(15)3-4-12/h7-11,13-15H,1-6H2/t7?,8-,9?,10?,11?/m1/s1. The lowest BCUT2D eigenvalue weighted by Crippen LogP contribution is -2.22. The maximum Gasteiger partial charge on any atom is 0.155 e. The predicted molar refractivity (Wildman–Crippen MR) is 56.5 cm³/mol. The average Bonchev–Trinajstić information content (AvgIpc) is 2.73. The van der Waals surface area contributed by atoms with Crippen LogP contribution in [-0.2, 0) is 4.74 Å². The van der Waals surface area contributed by atoms with Crippen molar-refractivity contribution in [2.24, 2.45) is 11.8 Å².